The molecule has 4 rings (SSSR count). The minimum Gasteiger partial charge on any atom is -0.478 e. The van der Waals surface area contributed by atoms with E-state index in [-0.39, 0.29) is 36.1 Å². The van der Waals surface area contributed by atoms with Crippen molar-refractivity contribution in [1.82, 2.24) is 0 Å². The standard InChI is InChI=1S/C26H22N2O6/c1-2-13-33-25(31)27-22-12-11-16(24(29)30)14-23(22)28-26(32)34-15-21-19-9-5-3-7-17(19)18-8-4-6-10-20(18)21/h2-12,14,21H,1,13,15H2,(H,27,31)(H,28,32)(H,29,30). The number of carboxylic acid groups (broad SMARTS) is 1. The zero-order valence-electron chi connectivity index (χ0n) is 18.1. The van der Waals surface area contributed by atoms with Gasteiger partial charge in [0.25, 0.3) is 0 Å². The average Bonchev–Trinajstić information content (AvgIpc) is 3.16. The van der Waals surface area contributed by atoms with Gasteiger partial charge < -0.3 is 14.6 Å². The Balaban J connectivity index is 1.50. The summed E-state index contributed by atoms with van der Waals surface area (Å²) in [5.74, 6) is -1.31. The summed E-state index contributed by atoms with van der Waals surface area (Å²) in [6.45, 7) is 3.55. The van der Waals surface area contributed by atoms with Crippen molar-refractivity contribution in [3.05, 3.63) is 96.1 Å². The van der Waals surface area contributed by atoms with E-state index in [0.29, 0.717) is 0 Å². The Bertz CT molecular complexity index is 1220. The van der Waals surface area contributed by atoms with Crippen LogP contribution in [0.1, 0.15) is 27.4 Å². The van der Waals surface area contributed by atoms with Gasteiger partial charge in [0.1, 0.15) is 13.2 Å². The maximum absolute atomic E-state index is 12.6. The molecule has 2 amide bonds. The number of fused-ring (bicyclic) bond motifs is 3. The lowest BCUT2D eigenvalue weighted by Crippen LogP contribution is -2.20. The molecule has 0 fully saturated rings. The second-order valence-corrected chi connectivity index (χ2v) is 7.53. The lowest BCUT2D eigenvalue weighted by atomic mass is 9.98. The zero-order valence-corrected chi connectivity index (χ0v) is 18.1. The fourth-order valence-electron chi connectivity index (χ4n) is 3.91. The Morgan fingerprint density at radius 2 is 1.44 bits per heavy atom. The molecule has 0 radical (unpaired) electrons. The van der Waals surface area contributed by atoms with Gasteiger partial charge in [0.15, 0.2) is 0 Å². The highest BCUT2D eigenvalue weighted by Gasteiger charge is 2.29. The number of rotatable bonds is 7. The largest absolute Gasteiger partial charge is 0.478 e. The molecule has 0 saturated heterocycles. The van der Waals surface area contributed by atoms with E-state index in [9.17, 15) is 19.5 Å². The summed E-state index contributed by atoms with van der Waals surface area (Å²) in [7, 11) is 0. The molecule has 3 aromatic rings. The van der Waals surface area contributed by atoms with Gasteiger partial charge in [-0.1, -0.05) is 61.2 Å². The van der Waals surface area contributed by atoms with Gasteiger partial charge in [-0.05, 0) is 40.5 Å². The van der Waals surface area contributed by atoms with Crippen molar-refractivity contribution in [2.45, 2.75) is 5.92 Å². The summed E-state index contributed by atoms with van der Waals surface area (Å²) in [5, 5.41) is 14.3. The van der Waals surface area contributed by atoms with Crippen LogP contribution < -0.4 is 10.6 Å². The van der Waals surface area contributed by atoms with E-state index >= 15 is 0 Å². The highest BCUT2D eigenvalue weighted by atomic mass is 16.6. The average molecular weight is 458 g/mol. The van der Waals surface area contributed by atoms with Crippen molar-refractivity contribution in [2.75, 3.05) is 23.8 Å². The quantitative estimate of drug-likeness (QED) is 0.404. The predicted octanol–water partition coefficient (Wildman–Crippen LogP) is 5.48. The minimum atomic E-state index is -1.18. The summed E-state index contributed by atoms with van der Waals surface area (Å²) in [6.07, 6.45) is -0.159. The first-order valence-electron chi connectivity index (χ1n) is 10.5. The second-order valence-electron chi connectivity index (χ2n) is 7.53. The van der Waals surface area contributed by atoms with Gasteiger partial charge in [-0.25, -0.2) is 14.4 Å². The maximum atomic E-state index is 12.6. The molecule has 0 heterocycles. The number of aromatic carboxylic acids is 1. The van der Waals surface area contributed by atoms with Gasteiger partial charge >= 0.3 is 18.2 Å². The van der Waals surface area contributed by atoms with Crippen molar-refractivity contribution < 1.29 is 29.0 Å². The van der Waals surface area contributed by atoms with E-state index in [2.05, 4.69) is 17.2 Å². The molecule has 34 heavy (non-hydrogen) atoms. The molecule has 0 bridgehead atoms. The van der Waals surface area contributed by atoms with Crippen molar-refractivity contribution >= 4 is 29.5 Å². The van der Waals surface area contributed by atoms with Crippen LogP contribution in [0.5, 0.6) is 0 Å². The third kappa shape index (κ3) is 4.75. The highest BCUT2D eigenvalue weighted by Crippen LogP contribution is 2.44. The minimum absolute atomic E-state index is 0.00577. The van der Waals surface area contributed by atoms with Crippen LogP contribution in [0.25, 0.3) is 11.1 Å². The summed E-state index contributed by atoms with van der Waals surface area (Å²) >= 11 is 0. The van der Waals surface area contributed by atoms with Crippen molar-refractivity contribution in [2.24, 2.45) is 0 Å². The molecule has 0 aromatic heterocycles. The summed E-state index contributed by atoms with van der Waals surface area (Å²) in [6, 6.07) is 19.8. The number of hydrogen-bond donors (Lipinski definition) is 3. The molecular formula is C26H22N2O6. The topological polar surface area (TPSA) is 114 Å². The summed E-state index contributed by atoms with van der Waals surface area (Å²) < 4.78 is 10.4. The predicted molar refractivity (Wildman–Crippen MR) is 127 cm³/mol. The first-order valence-corrected chi connectivity index (χ1v) is 10.5. The van der Waals surface area contributed by atoms with Crippen LogP contribution in [-0.4, -0.2) is 36.5 Å². The molecule has 0 saturated carbocycles. The molecule has 1 aliphatic rings. The molecule has 8 heteroatoms. The molecule has 172 valence electrons. The van der Waals surface area contributed by atoms with Gasteiger partial charge in [-0.15, -0.1) is 0 Å². The Labute approximate surface area is 195 Å². The molecule has 1 aliphatic carbocycles. The number of hydrogen-bond acceptors (Lipinski definition) is 5. The number of ether oxygens (including phenoxy) is 2. The first kappa shape index (κ1) is 22.6. The van der Waals surface area contributed by atoms with Crippen LogP contribution in [0.3, 0.4) is 0 Å². The normalized spacial score (nSPS) is 11.6. The molecular weight excluding hydrogens is 436 g/mol. The molecule has 0 aliphatic heterocycles. The summed E-state index contributed by atoms with van der Waals surface area (Å²) in [4.78, 5) is 35.9. The zero-order chi connectivity index (χ0) is 24.1. The lowest BCUT2D eigenvalue weighted by Gasteiger charge is -2.16. The monoisotopic (exact) mass is 458 g/mol. The van der Waals surface area contributed by atoms with Gasteiger partial charge in [0, 0.05) is 5.92 Å². The van der Waals surface area contributed by atoms with Crippen LogP contribution in [-0.2, 0) is 9.47 Å². The Hall–Kier alpha value is -4.59. The molecule has 3 N–H and O–H groups in total. The number of carboxylic acids is 1. The third-order valence-corrected chi connectivity index (χ3v) is 5.42. The van der Waals surface area contributed by atoms with Crippen LogP contribution in [0.4, 0.5) is 21.0 Å². The first-order chi connectivity index (χ1) is 16.5. The number of amides is 2. The number of carbonyl (C=O) groups excluding carboxylic acids is 2. The Morgan fingerprint density at radius 1 is 0.853 bits per heavy atom. The van der Waals surface area contributed by atoms with Gasteiger partial charge in [0.2, 0.25) is 0 Å². The Kier molecular flexibility index (Phi) is 6.59. The van der Waals surface area contributed by atoms with Crippen molar-refractivity contribution in [1.29, 1.82) is 0 Å². The van der Waals surface area contributed by atoms with Crippen LogP contribution >= 0.6 is 0 Å². The molecule has 3 aromatic carbocycles. The number of anilines is 2. The van der Waals surface area contributed by atoms with Gasteiger partial charge in [-0.2, -0.15) is 0 Å². The van der Waals surface area contributed by atoms with Crippen molar-refractivity contribution in [3.8, 4) is 11.1 Å². The van der Waals surface area contributed by atoms with E-state index in [1.165, 1.54) is 24.3 Å². The molecule has 8 nitrogen and oxygen atoms in total. The third-order valence-electron chi connectivity index (χ3n) is 5.42. The van der Waals surface area contributed by atoms with Crippen LogP contribution in [0, 0.1) is 0 Å². The number of nitrogens with one attached hydrogen (secondary N) is 2. The molecule has 0 unspecified atom stereocenters. The second kappa shape index (κ2) is 9.91. The molecule has 0 atom stereocenters. The fraction of sp³-hybridized carbons (Fsp3) is 0.115. The number of benzene rings is 3. The van der Waals surface area contributed by atoms with Gasteiger partial charge in [-0.3, -0.25) is 10.6 Å². The van der Waals surface area contributed by atoms with E-state index in [1.807, 2.05) is 48.5 Å². The van der Waals surface area contributed by atoms with Crippen molar-refractivity contribution in [3.63, 3.8) is 0 Å². The molecule has 0 spiro atoms. The van der Waals surface area contributed by atoms with E-state index < -0.39 is 18.2 Å². The van der Waals surface area contributed by atoms with E-state index in [1.54, 1.807) is 0 Å². The maximum Gasteiger partial charge on any atom is 0.412 e. The van der Waals surface area contributed by atoms with E-state index in [0.717, 1.165) is 22.3 Å². The van der Waals surface area contributed by atoms with Crippen LogP contribution in [0.2, 0.25) is 0 Å². The number of carbonyl (C=O) groups is 3. The van der Waals surface area contributed by atoms with E-state index in [4.69, 9.17) is 9.47 Å². The Morgan fingerprint density at radius 3 is 2.06 bits per heavy atom. The SMILES string of the molecule is C=CCOC(=O)Nc1ccc(C(=O)O)cc1NC(=O)OCC1c2ccccc2-c2ccccc21. The highest BCUT2D eigenvalue weighted by molar-refractivity contribution is 5.98. The lowest BCUT2D eigenvalue weighted by molar-refractivity contribution is 0.0696. The summed E-state index contributed by atoms with van der Waals surface area (Å²) in [5.41, 5.74) is 4.49. The fourth-order valence-corrected chi connectivity index (χ4v) is 3.91. The van der Waals surface area contributed by atoms with Crippen LogP contribution in [0.15, 0.2) is 79.4 Å². The smallest absolute Gasteiger partial charge is 0.412 e. The van der Waals surface area contributed by atoms with Gasteiger partial charge in [0.05, 0.1) is 16.9 Å².